The lowest BCUT2D eigenvalue weighted by Crippen LogP contribution is -2.60. The van der Waals surface area contributed by atoms with E-state index >= 15 is 0 Å². The van der Waals surface area contributed by atoms with Crippen molar-refractivity contribution in [1.29, 1.82) is 0 Å². The van der Waals surface area contributed by atoms with Gasteiger partial charge in [-0.1, -0.05) is 203 Å². The maximum Gasteiger partial charge on any atom is 0.397 e. The summed E-state index contributed by atoms with van der Waals surface area (Å²) < 4.78 is 59.3. The zero-order chi connectivity index (χ0) is 48.2. The van der Waals surface area contributed by atoms with Gasteiger partial charge < -0.3 is 34.3 Å². The summed E-state index contributed by atoms with van der Waals surface area (Å²) in [5.41, 5.74) is 0. The summed E-state index contributed by atoms with van der Waals surface area (Å²) in [6.07, 6.45) is 46.8. The molecule has 6 atom stereocenters. The van der Waals surface area contributed by atoms with E-state index < -0.39 is 59.8 Å². The van der Waals surface area contributed by atoms with Crippen molar-refractivity contribution in [3.63, 3.8) is 0 Å². The van der Waals surface area contributed by atoms with Crippen LogP contribution < -0.4 is 0 Å². The minimum atomic E-state index is -5.07. The Labute approximate surface area is 401 Å². The zero-order valence-corrected chi connectivity index (χ0v) is 42.1. The number of aliphatic hydroxyl groups is 3. The smallest absolute Gasteiger partial charge is 0.397 e. The number of carbonyl (C=O) groups excluding carboxylic acids is 1. The van der Waals surface area contributed by atoms with Gasteiger partial charge in [0.1, 0.15) is 30.5 Å². The zero-order valence-electron chi connectivity index (χ0n) is 41.2. The number of esters is 1. The van der Waals surface area contributed by atoms with Crippen LogP contribution in [0, 0.1) is 0 Å². The Hall–Kier alpha value is -2.20. The molecule has 0 amide bonds. The van der Waals surface area contributed by atoms with Crippen LogP contribution in [0.2, 0.25) is 0 Å². The number of allylic oxidation sites excluding steroid dienone is 10. The Morgan fingerprint density at radius 1 is 0.591 bits per heavy atom. The van der Waals surface area contributed by atoms with Crippen LogP contribution in [0.3, 0.4) is 0 Å². The fourth-order valence-corrected chi connectivity index (χ4v) is 8.27. The van der Waals surface area contributed by atoms with Crippen LogP contribution in [0.15, 0.2) is 60.8 Å². The molecule has 1 aliphatic heterocycles. The lowest BCUT2D eigenvalue weighted by atomic mass is 9.99. The third kappa shape index (κ3) is 36.8. The normalized spacial score (nSPS) is 20.0. The molecule has 0 aliphatic carbocycles. The number of hydrogen-bond donors (Lipinski definition) is 4. The van der Waals surface area contributed by atoms with E-state index in [0.29, 0.717) is 13.0 Å². The van der Waals surface area contributed by atoms with E-state index in [1.54, 1.807) is 0 Å². The maximum absolute atomic E-state index is 12.9. The molecule has 0 saturated carbocycles. The fraction of sp³-hybridized carbons (Fsp3) is 0.792. The Balaban J connectivity index is 2.34. The minimum Gasteiger partial charge on any atom is -0.457 e. The molecule has 384 valence electrons. The van der Waals surface area contributed by atoms with E-state index in [9.17, 15) is 33.1 Å². The average molecular weight is 955 g/mol. The predicted molar refractivity (Wildman–Crippen MR) is 266 cm³/mol. The summed E-state index contributed by atoms with van der Waals surface area (Å²) in [5.74, 6) is -0.402. The molecular weight excluding hydrogens is 861 g/mol. The number of rotatable bonds is 45. The summed E-state index contributed by atoms with van der Waals surface area (Å²) in [7, 11) is -5.07. The van der Waals surface area contributed by atoms with Gasteiger partial charge in [0, 0.05) is 13.0 Å². The largest absolute Gasteiger partial charge is 0.457 e. The van der Waals surface area contributed by atoms with Crippen LogP contribution >= 0.6 is 0 Å². The third-order valence-electron chi connectivity index (χ3n) is 11.7. The summed E-state index contributed by atoms with van der Waals surface area (Å²) in [6, 6.07) is 0. The highest BCUT2D eigenvalue weighted by Gasteiger charge is 2.48. The summed E-state index contributed by atoms with van der Waals surface area (Å²) in [6.45, 7) is 3.87. The minimum absolute atomic E-state index is 0.0301. The molecule has 0 radical (unpaired) electrons. The molecule has 4 N–H and O–H groups in total. The van der Waals surface area contributed by atoms with E-state index in [2.05, 4.69) is 78.8 Å². The molecular formula is C53H94O12S. The number of unbranched alkanes of at least 4 members (excludes halogenated alkanes) is 22. The molecule has 0 aromatic heterocycles. The van der Waals surface area contributed by atoms with E-state index in [1.165, 1.54) is 103 Å². The van der Waals surface area contributed by atoms with Crippen LogP contribution in [0.25, 0.3) is 0 Å². The Morgan fingerprint density at radius 3 is 1.53 bits per heavy atom. The van der Waals surface area contributed by atoms with Crippen molar-refractivity contribution in [2.75, 3.05) is 26.4 Å². The molecule has 66 heavy (non-hydrogen) atoms. The van der Waals surface area contributed by atoms with Crippen LogP contribution in [-0.4, -0.2) is 97.5 Å². The molecule has 0 aromatic rings. The first-order chi connectivity index (χ1) is 32.1. The third-order valence-corrected chi connectivity index (χ3v) is 12.1. The molecule has 1 saturated heterocycles. The van der Waals surface area contributed by atoms with Gasteiger partial charge in [-0.3, -0.25) is 9.35 Å². The molecule has 0 bridgehead atoms. The molecule has 0 spiro atoms. The first-order valence-electron chi connectivity index (χ1n) is 26.0. The van der Waals surface area contributed by atoms with Gasteiger partial charge in [-0.15, -0.1) is 0 Å². The topological polar surface area (TPSA) is 178 Å². The molecule has 6 unspecified atom stereocenters. The van der Waals surface area contributed by atoms with Crippen molar-refractivity contribution in [2.24, 2.45) is 0 Å². The van der Waals surface area contributed by atoms with Crippen molar-refractivity contribution >= 4 is 16.4 Å². The maximum atomic E-state index is 12.9. The summed E-state index contributed by atoms with van der Waals surface area (Å²) >= 11 is 0. The first kappa shape index (κ1) is 61.8. The number of hydrogen-bond acceptors (Lipinski definition) is 11. The van der Waals surface area contributed by atoms with Gasteiger partial charge in [0.25, 0.3) is 0 Å². The van der Waals surface area contributed by atoms with Gasteiger partial charge in [0.05, 0.1) is 19.8 Å². The highest BCUT2D eigenvalue weighted by molar-refractivity contribution is 7.80. The average Bonchev–Trinajstić information content (AvgIpc) is 3.29. The molecule has 0 aromatic carbocycles. The summed E-state index contributed by atoms with van der Waals surface area (Å²) in [5, 5.41) is 30.8. The lowest BCUT2D eigenvalue weighted by molar-refractivity contribution is -0.301. The standard InChI is InChI=1S/C53H94O12S/c1-3-5-7-9-11-13-15-17-19-20-21-22-23-24-25-26-27-29-31-33-35-37-39-41-43-61-45-47(46-62-53-51(57)52(65-66(58,59)60)50(56)48(44-54)64-53)63-49(55)42-40-38-36-34-32-30-28-18-16-14-12-10-8-6-4-2/h5,7,11,13,17,19,21-22,24-25,47-48,50-54,56-57H,3-4,6,8-10,12,14-16,18,20,23,26-46H2,1-2H3,(H,58,59,60)/b7-5-,13-11-,19-17-,22-21-,25-24-. The molecule has 13 heteroatoms. The molecule has 1 fully saturated rings. The molecule has 1 heterocycles. The second-order valence-corrected chi connectivity index (χ2v) is 18.8. The molecule has 1 rings (SSSR count). The van der Waals surface area contributed by atoms with Crippen molar-refractivity contribution in [3.05, 3.63) is 60.8 Å². The monoisotopic (exact) mass is 955 g/mol. The van der Waals surface area contributed by atoms with Gasteiger partial charge in [0.15, 0.2) is 6.29 Å². The van der Waals surface area contributed by atoms with Crippen molar-refractivity contribution < 1.29 is 56.2 Å². The van der Waals surface area contributed by atoms with Crippen LogP contribution in [0.1, 0.15) is 206 Å². The molecule has 12 nitrogen and oxygen atoms in total. The van der Waals surface area contributed by atoms with Gasteiger partial charge in [0.2, 0.25) is 0 Å². The van der Waals surface area contributed by atoms with Gasteiger partial charge in [-0.05, 0) is 57.8 Å². The fourth-order valence-electron chi connectivity index (χ4n) is 7.76. The van der Waals surface area contributed by atoms with Crippen molar-refractivity contribution in [2.45, 2.75) is 243 Å². The van der Waals surface area contributed by atoms with Crippen molar-refractivity contribution in [3.8, 4) is 0 Å². The molecule has 1 aliphatic rings. The van der Waals surface area contributed by atoms with E-state index in [1.807, 2.05) is 0 Å². The predicted octanol–water partition coefficient (Wildman–Crippen LogP) is 12.1. The second-order valence-electron chi connectivity index (χ2n) is 17.7. The highest BCUT2D eigenvalue weighted by atomic mass is 32.3. The van der Waals surface area contributed by atoms with E-state index in [4.69, 9.17) is 18.9 Å². The van der Waals surface area contributed by atoms with Crippen LogP contribution in [0.5, 0.6) is 0 Å². The van der Waals surface area contributed by atoms with Crippen LogP contribution in [0.4, 0.5) is 0 Å². The van der Waals surface area contributed by atoms with E-state index in [-0.39, 0.29) is 19.6 Å². The highest BCUT2D eigenvalue weighted by Crippen LogP contribution is 2.26. The lowest BCUT2D eigenvalue weighted by Gasteiger charge is -2.41. The summed E-state index contributed by atoms with van der Waals surface area (Å²) in [4.78, 5) is 12.9. The SMILES string of the molecule is CC/C=C\C/C=C\C/C=C\C/C=C\C/C=C\CCCCCCCCCCOCC(COC1OC(CO)C(O)C(OS(=O)(=O)O)C1O)OC(=O)CCCCCCCCCCCCCCCCC. The number of aliphatic hydroxyl groups excluding tert-OH is 3. The van der Waals surface area contributed by atoms with Gasteiger partial charge >= 0.3 is 16.4 Å². The Bertz CT molecular complexity index is 1380. The number of ether oxygens (including phenoxy) is 4. The Kier molecular flexibility index (Phi) is 41.2. The first-order valence-corrected chi connectivity index (χ1v) is 27.4. The second kappa shape index (κ2) is 44.0. The quantitative estimate of drug-likeness (QED) is 0.0197. The van der Waals surface area contributed by atoms with Gasteiger partial charge in [-0.2, -0.15) is 8.42 Å². The van der Waals surface area contributed by atoms with E-state index in [0.717, 1.165) is 77.0 Å². The van der Waals surface area contributed by atoms with Gasteiger partial charge in [-0.25, -0.2) is 4.18 Å². The number of carbonyl (C=O) groups is 1. The van der Waals surface area contributed by atoms with Crippen LogP contribution in [-0.2, 0) is 38.3 Å². The Morgan fingerprint density at radius 2 is 1.05 bits per heavy atom. The van der Waals surface area contributed by atoms with Crippen molar-refractivity contribution in [1.82, 2.24) is 0 Å².